The molecule has 0 saturated carbocycles. The molecule has 1 heterocycles. The van der Waals surface area contributed by atoms with Crippen molar-refractivity contribution in [1.82, 2.24) is 15.2 Å². The SMILES string of the molecule is Cc1ccc(C(NN)c2c(Cl)cnn2C)cc1C. The number of rotatable bonds is 3. The lowest BCUT2D eigenvalue weighted by atomic mass is 9.99. The third-order valence-electron chi connectivity index (χ3n) is 3.24. The van der Waals surface area contributed by atoms with Crippen LogP contribution in [0.2, 0.25) is 5.02 Å². The first-order valence-electron chi connectivity index (χ1n) is 5.75. The van der Waals surface area contributed by atoms with Gasteiger partial charge in [0.05, 0.1) is 23.0 Å². The highest BCUT2D eigenvalue weighted by molar-refractivity contribution is 6.31. The average molecular weight is 265 g/mol. The topological polar surface area (TPSA) is 55.9 Å². The number of nitrogens with one attached hydrogen (secondary N) is 1. The number of hydrogen-bond donors (Lipinski definition) is 2. The summed E-state index contributed by atoms with van der Waals surface area (Å²) in [5.74, 6) is 5.67. The quantitative estimate of drug-likeness (QED) is 0.660. The fraction of sp³-hybridized carbons (Fsp3) is 0.308. The Bertz CT molecular complexity index is 543. The fourth-order valence-electron chi connectivity index (χ4n) is 2.02. The maximum absolute atomic E-state index is 6.16. The van der Waals surface area contributed by atoms with E-state index in [1.54, 1.807) is 10.9 Å². The Morgan fingerprint density at radius 2 is 2.06 bits per heavy atom. The van der Waals surface area contributed by atoms with Crippen LogP contribution >= 0.6 is 11.6 Å². The number of halogens is 1. The van der Waals surface area contributed by atoms with E-state index in [9.17, 15) is 0 Å². The molecule has 0 radical (unpaired) electrons. The number of nitrogens with two attached hydrogens (primary N) is 1. The van der Waals surface area contributed by atoms with Crippen LogP contribution in [0.3, 0.4) is 0 Å². The summed E-state index contributed by atoms with van der Waals surface area (Å²) in [7, 11) is 1.85. The van der Waals surface area contributed by atoms with Crippen LogP contribution in [0.5, 0.6) is 0 Å². The summed E-state index contributed by atoms with van der Waals surface area (Å²) in [6, 6.07) is 6.09. The summed E-state index contributed by atoms with van der Waals surface area (Å²) in [6.45, 7) is 4.16. The summed E-state index contributed by atoms with van der Waals surface area (Å²) < 4.78 is 1.74. The van der Waals surface area contributed by atoms with Crippen molar-refractivity contribution in [3.63, 3.8) is 0 Å². The zero-order chi connectivity index (χ0) is 13.3. The van der Waals surface area contributed by atoms with Gasteiger partial charge in [-0.3, -0.25) is 10.5 Å². The minimum absolute atomic E-state index is 0.163. The maximum Gasteiger partial charge on any atom is 0.0893 e. The molecule has 0 aliphatic heterocycles. The molecule has 96 valence electrons. The molecule has 1 unspecified atom stereocenters. The standard InChI is InChI=1S/C13H17ClN4/c1-8-4-5-10(6-9(8)2)12(17-15)13-11(14)7-16-18(13)3/h4-7,12,17H,15H2,1-3H3. The fourth-order valence-corrected chi connectivity index (χ4v) is 2.30. The summed E-state index contributed by atoms with van der Waals surface area (Å²) in [5, 5.41) is 4.75. The van der Waals surface area contributed by atoms with E-state index < -0.39 is 0 Å². The molecule has 18 heavy (non-hydrogen) atoms. The Hall–Kier alpha value is -1.36. The van der Waals surface area contributed by atoms with Gasteiger partial charge < -0.3 is 0 Å². The van der Waals surface area contributed by atoms with Crippen molar-refractivity contribution in [2.75, 3.05) is 0 Å². The minimum Gasteiger partial charge on any atom is -0.271 e. The van der Waals surface area contributed by atoms with E-state index in [1.165, 1.54) is 11.1 Å². The Morgan fingerprint density at radius 3 is 2.56 bits per heavy atom. The number of nitrogens with zero attached hydrogens (tertiary/aromatic N) is 2. The lowest BCUT2D eigenvalue weighted by molar-refractivity contribution is 0.575. The van der Waals surface area contributed by atoms with Crippen LogP contribution in [0.15, 0.2) is 24.4 Å². The van der Waals surface area contributed by atoms with E-state index in [1.807, 2.05) is 7.05 Å². The number of benzene rings is 1. The van der Waals surface area contributed by atoms with Gasteiger partial charge in [-0.25, -0.2) is 5.43 Å². The second-order valence-electron chi connectivity index (χ2n) is 4.44. The number of hydrogen-bond acceptors (Lipinski definition) is 3. The third-order valence-corrected chi connectivity index (χ3v) is 3.53. The molecule has 0 amide bonds. The molecule has 0 aliphatic carbocycles. The van der Waals surface area contributed by atoms with Crippen LogP contribution in [0.25, 0.3) is 0 Å². The minimum atomic E-state index is -0.163. The molecule has 5 heteroatoms. The lowest BCUT2D eigenvalue weighted by Crippen LogP contribution is -2.30. The zero-order valence-corrected chi connectivity index (χ0v) is 11.5. The highest BCUT2D eigenvalue weighted by Crippen LogP contribution is 2.28. The molecule has 3 N–H and O–H groups in total. The van der Waals surface area contributed by atoms with Gasteiger partial charge in [0.2, 0.25) is 0 Å². The molecule has 1 aromatic carbocycles. The summed E-state index contributed by atoms with van der Waals surface area (Å²) in [6.07, 6.45) is 1.63. The van der Waals surface area contributed by atoms with Gasteiger partial charge in [-0.05, 0) is 30.5 Å². The largest absolute Gasteiger partial charge is 0.271 e. The Labute approximate surface area is 112 Å². The smallest absolute Gasteiger partial charge is 0.0893 e. The van der Waals surface area contributed by atoms with Crippen LogP contribution in [0.4, 0.5) is 0 Å². The predicted molar refractivity (Wildman–Crippen MR) is 73.3 cm³/mol. The van der Waals surface area contributed by atoms with Crippen molar-refractivity contribution in [3.8, 4) is 0 Å². The van der Waals surface area contributed by atoms with Crippen molar-refractivity contribution in [2.24, 2.45) is 12.9 Å². The molecule has 2 aromatic rings. The lowest BCUT2D eigenvalue weighted by Gasteiger charge is -2.18. The van der Waals surface area contributed by atoms with E-state index in [-0.39, 0.29) is 6.04 Å². The number of aryl methyl sites for hydroxylation is 3. The third kappa shape index (κ3) is 2.27. The molecule has 0 fully saturated rings. The van der Waals surface area contributed by atoms with E-state index in [0.29, 0.717) is 5.02 Å². The van der Waals surface area contributed by atoms with Gasteiger partial charge in [0.15, 0.2) is 0 Å². The van der Waals surface area contributed by atoms with E-state index in [2.05, 4.69) is 42.6 Å². The number of hydrazine groups is 1. The maximum atomic E-state index is 6.16. The first-order valence-corrected chi connectivity index (χ1v) is 6.13. The first-order chi connectivity index (χ1) is 8.54. The molecule has 0 bridgehead atoms. The van der Waals surface area contributed by atoms with Crippen LogP contribution in [0, 0.1) is 13.8 Å². The van der Waals surface area contributed by atoms with E-state index in [4.69, 9.17) is 17.4 Å². The first kappa shape index (κ1) is 13.1. The Morgan fingerprint density at radius 1 is 1.33 bits per heavy atom. The molecule has 0 aliphatic rings. The zero-order valence-electron chi connectivity index (χ0n) is 10.7. The van der Waals surface area contributed by atoms with Crippen molar-refractivity contribution >= 4 is 11.6 Å². The van der Waals surface area contributed by atoms with Crippen LogP contribution in [-0.4, -0.2) is 9.78 Å². The average Bonchev–Trinajstić information content (AvgIpc) is 2.66. The van der Waals surface area contributed by atoms with Gasteiger partial charge in [-0.2, -0.15) is 5.10 Å². The number of aromatic nitrogens is 2. The van der Waals surface area contributed by atoms with Crippen LogP contribution < -0.4 is 11.3 Å². The van der Waals surface area contributed by atoms with Crippen molar-refractivity contribution in [1.29, 1.82) is 0 Å². The molecular weight excluding hydrogens is 248 g/mol. The van der Waals surface area contributed by atoms with Gasteiger partial charge in [0.25, 0.3) is 0 Å². The van der Waals surface area contributed by atoms with Crippen molar-refractivity contribution in [2.45, 2.75) is 19.9 Å². The molecule has 1 aromatic heterocycles. The molecule has 1 atom stereocenters. The summed E-state index contributed by atoms with van der Waals surface area (Å²) >= 11 is 6.16. The van der Waals surface area contributed by atoms with E-state index in [0.717, 1.165) is 11.3 Å². The van der Waals surface area contributed by atoms with Gasteiger partial charge in [0.1, 0.15) is 0 Å². The molecule has 0 saturated heterocycles. The van der Waals surface area contributed by atoms with Crippen LogP contribution in [0.1, 0.15) is 28.4 Å². The Balaban J connectivity index is 2.48. The second-order valence-corrected chi connectivity index (χ2v) is 4.85. The van der Waals surface area contributed by atoms with Gasteiger partial charge >= 0.3 is 0 Å². The normalized spacial score (nSPS) is 12.7. The highest BCUT2D eigenvalue weighted by Gasteiger charge is 2.20. The summed E-state index contributed by atoms with van der Waals surface area (Å²) in [4.78, 5) is 0. The highest BCUT2D eigenvalue weighted by atomic mass is 35.5. The van der Waals surface area contributed by atoms with Crippen molar-refractivity contribution in [3.05, 3.63) is 51.8 Å². The van der Waals surface area contributed by atoms with E-state index >= 15 is 0 Å². The van der Waals surface area contributed by atoms with Gasteiger partial charge in [-0.1, -0.05) is 29.8 Å². The Kier molecular flexibility index (Phi) is 3.71. The predicted octanol–water partition coefficient (Wildman–Crippen LogP) is 2.24. The summed E-state index contributed by atoms with van der Waals surface area (Å²) in [5.41, 5.74) is 7.23. The van der Waals surface area contributed by atoms with Gasteiger partial charge in [0, 0.05) is 7.05 Å². The van der Waals surface area contributed by atoms with Crippen LogP contribution in [-0.2, 0) is 7.05 Å². The van der Waals surface area contributed by atoms with Gasteiger partial charge in [-0.15, -0.1) is 0 Å². The molecular formula is C13H17ClN4. The van der Waals surface area contributed by atoms with Crippen molar-refractivity contribution < 1.29 is 0 Å². The molecule has 2 rings (SSSR count). The molecule has 4 nitrogen and oxygen atoms in total. The second kappa shape index (κ2) is 5.10. The monoisotopic (exact) mass is 264 g/mol. The molecule has 0 spiro atoms.